The minimum atomic E-state index is -0.103. The van der Waals surface area contributed by atoms with Gasteiger partial charge in [-0.15, -0.1) is 6.42 Å². The van der Waals surface area contributed by atoms with Gasteiger partial charge in [-0.3, -0.25) is 0 Å². The van der Waals surface area contributed by atoms with Crippen LogP contribution in [-0.2, 0) is 5.54 Å². The highest BCUT2D eigenvalue weighted by Crippen LogP contribution is 2.42. The first-order chi connectivity index (χ1) is 5.74. The van der Waals surface area contributed by atoms with E-state index in [1.165, 1.54) is 0 Å². The second-order valence-electron chi connectivity index (χ2n) is 3.23. The zero-order valence-corrected chi connectivity index (χ0v) is 6.75. The van der Waals surface area contributed by atoms with E-state index < -0.39 is 0 Å². The summed E-state index contributed by atoms with van der Waals surface area (Å²) in [6.07, 6.45) is 9.06. The second-order valence-corrected chi connectivity index (χ2v) is 3.23. The van der Waals surface area contributed by atoms with E-state index >= 15 is 0 Å². The fourth-order valence-electron chi connectivity index (χ4n) is 1.24. The summed E-state index contributed by atoms with van der Waals surface area (Å²) in [5.41, 5.74) is 7.68. The van der Waals surface area contributed by atoms with Crippen LogP contribution in [0.25, 0.3) is 0 Å². The summed E-state index contributed by atoms with van der Waals surface area (Å²) >= 11 is 0. The molecule has 1 aliphatic rings. The van der Waals surface area contributed by atoms with Crippen LogP contribution in [0.4, 0.5) is 0 Å². The monoisotopic (exact) mass is 158 g/mol. The molecule has 0 bridgehead atoms. The van der Waals surface area contributed by atoms with E-state index in [0.717, 1.165) is 18.4 Å². The molecule has 1 aliphatic carbocycles. The number of pyridine rings is 1. The Morgan fingerprint density at radius 2 is 2.33 bits per heavy atom. The van der Waals surface area contributed by atoms with Crippen LogP contribution in [-0.4, -0.2) is 4.98 Å². The van der Waals surface area contributed by atoms with Crippen molar-refractivity contribution in [2.24, 2.45) is 5.73 Å². The lowest BCUT2D eigenvalue weighted by Crippen LogP contribution is -2.18. The first kappa shape index (κ1) is 7.33. The minimum Gasteiger partial charge on any atom is -0.321 e. The molecule has 1 fully saturated rings. The van der Waals surface area contributed by atoms with Gasteiger partial charge in [0.05, 0.1) is 0 Å². The summed E-state index contributed by atoms with van der Waals surface area (Å²) in [5.74, 6) is 2.50. The van der Waals surface area contributed by atoms with Crippen molar-refractivity contribution in [1.29, 1.82) is 0 Å². The van der Waals surface area contributed by atoms with Crippen LogP contribution in [0.15, 0.2) is 18.3 Å². The molecule has 1 aromatic rings. The highest BCUT2D eigenvalue weighted by atomic mass is 14.8. The van der Waals surface area contributed by atoms with Crippen LogP contribution in [0.2, 0.25) is 0 Å². The van der Waals surface area contributed by atoms with Gasteiger partial charge in [0.15, 0.2) is 0 Å². The standard InChI is InChI=1S/C10H10N2/c1-2-9-7-8(3-6-12-9)10(11)4-5-10/h1,3,6-7H,4-5,11H2. The van der Waals surface area contributed by atoms with E-state index in [0.29, 0.717) is 5.69 Å². The van der Waals surface area contributed by atoms with E-state index in [9.17, 15) is 0 Å². The molecule has 2 rings (SSSR count). The molecular weight excluding hydrogens is 148 g/mol. The Labute approximate surface area is 71.8 Å². The van der Waals surface area contributed by atoms with Crippen molar-refractivity contribution in [3.05, 3.63) is 29.6 Å². The van der Waals surface area contributed by atoms with Crippen molar-refractivity contribution in [1.82, 2.24) is 4.98 Å². The van der Waals surface area contributed by atoms with Gasteiger partial charge in [0.1, 0.15) is 5.69 Å². The molecular formula is C10H10N2. The van der Waals surface area contributed by atoms with Crippen molar-refractivity contribution >= 4 is 0 Å². The number of aromatic nitrogens is 1. The number of hydrogen-bond donors (Lipinski definition) is 1. The van der Waals surface area contributed by atoms with Crippen molar-refractivity contribution in [3.8, 4) is 12.3 Å². The molecule has 60 valence electrons. The summed E-state index contributed by atoms with van der Waals surface area (Å²) in [4.78, 5) is 4.01. The Morgan fingerprint density at radius 1 is 1.58 bits per heavy atom. The average molecular weight is 158 g/mol. The summed E-state index contributed by atoms with van der Waals surface area (Å²) in [6, 6.07) is 3.83. The summed E-state index contributed by atoms with van der Waals surface area (Å²) in [5, 5.41) is 0. The third-order valence-corrected chi connectivity index (χ3v) is 2.27. The lowest BCUT2D eigenvalue weighted by molar-refractivity contribution is 0.737. The minimum absolute atomic E-state index is 0.103. The van der Waals surface area contributed by atoms with Crippen molar-refractivity contribution < 1.29 is 0 Å². The van der Waals surface area contributed by atoms with Gasteiger partial charge >= 0.3 is 0 Å². The third kappa shape index (κ3) is 1.09. The predicted octanol–water partition coefficient (Wildman–Crippen LogP) is 1.01. The molecule has 0 atom stereocenters. The fraction of sp³-hybridized carbons (Fsp3) is 0.300. The van der Waals surface area contributed by atoms with E-state index in [4.69, 9.17) is 12.2 Å². The van der Waals surface area contributed by atoms with Crippen LogP contribution >= 0.6 is 0 Å². The first-order valence-corrected chi connectivity index (χ1v) is 3.97. The number of terminal acetylenes is 1. The number of rotatable bonds is 1. The molecule has 1 aromatic heterocycles. The average Bonchev–Trinajstić information content (AvgIpc) is 2.85. The van der Waals surface area contributed by atoms with Crippen LogP contribution < -0.4 is 5.73 Å². The highest BCUT2D eigenvalue weighted by Gasteiger charge is 2.39. The van der Waals surface area contributed by atoms with Gasteiger partial charge in [-0.1, -0.05) is 5.92 Å². The maximum Gasteiger partial charge on any atom is 0.113 e. The topological polar surface area (TPSA) is 38.9 Å². The largest absolute Gasteiger partial charge is 0.321 e. The molecule has 2 N–H and O–H groups in total. The lowest BCUT2D eigenvalue weighted by Gasteiger charge is -2.07. The predicted molar refractivity (Wildman–Crippen MR) is 47.3 cm³/mol. The molecule has 0 aromatic carbocycles. The maximum atomic E-state index is 6.00. The molecule has 12 heavy (non-hydrogen) atoms. The van der Waals surface area contributed by atoms with Gasteiger partial charge < -0.3 is 5.73 Å². The second kappa shape index (κ2) is 2.33. The molecule has 2 nitrogen and oxygen atoms in total. The molecule has 0 aliphatic heterocycles. The number of nitrogens with zero attached hydrogens (tertiary/aromatic N) is 1. The van der Waals surface area contributed by atoms with Crippen molar-refractivity contribution in [2.45, 2.75) is 18.4 Å². The molecule has 0 unspecified atom stereocenters. The van der Waals surface area contributed by atoms with E-state index in [1.54, 1.807) is 6.20 Å². The summed E-state index contributed by atoms with van der Waals surface area (Å²) in [7, 11) is 0. The molecule has 0 amide bonds. The zero-order valence-electron chi connectivity index (χ0n) is 6.75. The number of nitrogens with two attached hydrogens (primary N) is 1. The van der Waals surface area contributed by atoms with Gasteiger partial charge in [0, 0.05) is 11.7 Å². The Balaban J connectivity index is 2.40. The molecule has 1 saturated carbocycles. The Hall–Kier alpha value is -1.33. The zero-order chi connectivity index (χ0) is 8.60. The van der Waals surface area contributed by atoms with Crippen molar-refractivity contribution in [2.75, 3.05) is 0 Å². The van der Waals surface area contributed by atoms with Crippen LogP contribution in [0, 0.1) is 12.3 Å². The van der Waals surface area contributed by atoms with E-state index in [1.807, 2.05) is 12.1 Å². The van der Waals surface area contributed by atoms with Gasteiger partial charge in [-0.05, 0) is 30.5 Å². The Bertz CT molecular complexity index is 345. The van der Waals surface area contributed by atoms with Gasteiger partial charge in [-0.2, -0.15) is 0 Å². The Kier molecular flexibility index (Phi) is 1.42. The van der Waals surface area contributed by atoms with E-state index in [2.05, 4.69) is 10.9 Å². The maximum absolute atomic E-state index is 6.00. The van der Waals surface area contributed by atoms with Crippen molar-refractivity contribution in [3.63, 3.8) is 0 Å². The molecule has 1 heterocycles. The number of hydrogen-bond acceptors (Lipinski definition) is 2. The normalized spacial score (nSPS) is 18.3. The SMILES string of the molecule is C#Cc1cc(C2(N)CC2)ccn1. The molecule has 2 heteroatoms. The van der Waals surface area contributed by atoms with Crippen LogP contribution in [0.5, 0.6) is 0 Å². The first-order valence-electron chi connectivity index (χ1n) is 3.97. The van der Waals surface area contributed by atoms with Gasteiger partial charge in [0.2, 0.25) is 0 Å². The molecule has 0 radical (unpaired) electrons. The van der Waals surface area contributed by atoms with Crippen LogP contribution in [0.3, 0.4) is 0 Å². The fourth-order valence-corrected chi connectivity index (χ4v) is 1.24. The molecule has 0 spiro atoms. The smallest absolute Gasteiger partial charge is 0.113 e. The summed E-state index contributed by atoms with van der Waals surface area (Å²) < 4.78 is 0. The quantitative estimate of drug-likeness (QED) is 0.619. The molecule has 0 saturated heterocycles. The lowest BCUT2D eigenvalue weighted by atomic mass is 10.1. The summed E-state index contributed by atoms with van der Waals surface area (Å²) in [6.45, 7) is 0. The Morgan fingerprint density at radius 3 is 2.92 bits per heavy atom. The van der Waals surface area contributed by atoms with E-state index in [-0.39, 0.29) is 5.54 Å². The van der Waals surface area contributed by atoms with Gasteiger partial charge in [-0.25, -0.2) is 4.98 Å². The van der Waals surface area contributed by atoms with Gasteiger partial charge in [0.25, 0.3) is 0 Å². The highest BCUT2D eigenvalue weighted by molar-refractivity contribution is 5.35. The van der Waals surface area contributed by atoms with Crippen LogP contribution in [0.1, 0.15) is 24.1 Å². The third-order valence-electron chi connectivity index (χ3n) is 2.27.